The van der Waals surface area contributed by atoms with Gasteiger partial charge in [0.15, 0.2) is 0 Å². The van der Waals surface area contributed by atoms with Gasteiger partial charge < -0.3 is 4.57 Å². The Labute approximate surface area is 98.1 Å². The molecule has 0 spiro atoms. The third-order valence-electron chi connectivity index (χ3n) is 3.61. The summed E-state index contributed by atoms with van der Waals surface area (Å²) < 4.78 is 2.47. The predicted octanol–water partition coefficient (Wildman–Crippen LogP) is 4.39. The summed E-state index contributed by atoms with van der Waals surface area (Å²) in [5.74, 6) is 0.800. The van der Waals surface area contributed by atoms with Crippen molar-refractivity contribution < 1.29 is 0 Å². The van der Waals surface area contributed by atoms with Gasteiger partial charge in [-0.25, -0.2) is 0 Å². The highest BCUT2D eigenvalue weighted by molar-refractivity contribution is 5.81. The zero-order chi connectivity index (χ0) is 11.5. The Morgan fingerprint density at radius 1 is 1.12 bits per heavy atom. The van der Waals surface area contributed by atoms with E-state index in [9.17, 15) is 0 Å². The minimum atomic E-state index is 0.800. The zero-order valence-electron chi connectivity index (χ0n) is 10.5. The van der Waals surface area contributed by atoms with Gasteiger partial charge >= 0.3 is 0 Å². The smallest absolute Gasteiger partial charge is 0.0482 e. The summed E-state index contributed by atoms with van der Waals surface area (Å²) in [5.41, 5.74) is 2.76. The van der Waals surface area contributed by atoms with Crippen LogP contribution in [0.1, 0.15) is 32.4 Å². The van der Waals surface area contributed by atoms with Gasteiger partial charge in [0.25, 0.3) is 0 Å². The summed E-state index contributed by atoms with van der Waals surface area (Å²) in [6.07, 6.45) is 2.53. The van der Waals surface area contributed by atoms with Gasteiger partial charge in [-0.05, 0) is 30.4 Å². The first-order valence-electron chi connectivity index (χ1n) is 6.31. The lowest BCUT2D eigenvalue weighted by molar-refractivity contribution is 0.421. The molecule has 1 aromatic heterocycles. The van der Waals surface area contributed by atoms with Crippen LogP contribution >= 0.6 is 0 Å². The average molecular weight is 215 g/mol. The zero-order valence-corrected chi connectivity index (χ0v) is 10.5. The fourth-order valence-corrected chi connectivity index (χ4v) is 2.40. The molecule has 1 aromatic carbocycles. The molecule has 2 aromatic rings. The molecule has 0 aliphatic rings. The van der Waals surface area contributed by atoms with Gasteiger partial charge in [0.2, 0.25) is 0 Å². The number of aromatic nitrogens is 1. The lowest BCUT2D eigenvalue weighted by atomic mass is 10.0. The molecule has 0 bridgehead atoms. The Bertz CT molecular complexity index is 463. The second-order valence-corrected chi connectivity index (χ2v) is 4.64. The predicted molar refractivity (Wildman–Crippen MR) is 70.7 cm³/mol. The molecule has 86 valence electrons. The van der Waals surface area contributed by atoms with Crippen molar-refractivity contribution in [3.8, 4) is 0 Å². The number of aryl methyl sites for hydroxylation is 1. The second-order valence-electron chi connectivity index (χ2n) is 4.64. The van der Waals surface area contributed by atoms with Crippen LogP contribution in [-0.4, -0.2) is 4.57 Å². The number of hydrogen-bond acceptors (Lipinski definition) is 0. The third-order valence-corrected chi connectivity index (χ3v) is 3.61. The average Bonchev–Trinajstić information content (AvgIpc) is 2.62. The molecule has 0 saturated heterocycles. The maximum atomic E-state index is 2.47. The molecule has 0 aliphatic carbocycles. The Morgan fingerprint density at radius 3 is 2.50 bits per heavy atom. The van der Waals surface area contributed by atoms with E-state index in [-0.39, 0.29) is 0 Å². The number of hydrogen-bond donors (Lipinski definition) is 0. The van der Waals surface area contributed by atoms with Gasteiger partial charge in [0, 0.05) is 17.8 Å². The summed E-state index contributed by atoms with van der Waals surface area (Å²) in [6.45, 7) is 7.94. The van der Waals surface area contributed by atoms with E-state index in [2.05, 4.69) is 55.7 Å². The van der Waals surface area contributed by atoms with E-state index >= 15 is 0 Å². The van der Waals surface area contributed by atoms with Crippen LogP contribution in [0, 0.1) is 12.8 Å². The van der Waals surface area contributed by atoms with Crippen molar-refractivity contribution in [1.29, 1.82) is 0 Å². The van der Waals surface area contributed by atoms with Crippen LogP contribution < -0.4 is 0 Å². The molecule has 0 amide bonds. The highest BCUT2D eigenvalue weighted by atomic mass is 15.0. The molecule has 0 saturated carbocycles. The third kappa shape index (κ3) is 1.99. The Hall–Kier alpha value is -1.24. The van der Waals surface area contributed by atoms with E-state index in [1.54, 1.807) is 0 Å². The van der Waals surface area contributed by atoms with Crippen molar-refractivity contribution in [2.45, 2.75) is 40.2 Å². The Morgan fingerprint density at radius 2 is 1.81 bits per heavy atom. The summed E-state index contributed by atoms with van der Waals surface area (Å²) in [5, 5.41) is 1.37. The monoisotopic (exact) mass is 215 g/mol. The number of para-hydroxylation sites is 1. The molecule has 0 N–H and O–H groups in total. The van der Waals surface area contributed by atoms with Crippen molar-refractivity contribution in [2.24, 2.45) is 5.92 Å². The summed E-state index contributed by atoms with van der Waals surface area (Å²) >= 11 is 0. The molecule has 1 heterocycles. The van der Waals surface area contributed by atoms with E-state index < -0.39 is 0 Å². The van der Waals surface area contributed by atoms with E-state index in [1.807, 2.05) is 0 Å². The van der Waals surface area contributed by atoms with Crippen molar-refractivity contribution in [3.63, 3.8) is 0 Å². The topological polar surface area (TPSA) is 4.93 Å². The highest BCUT2D eigenvalue weighted by Gasteiger charge is 2.09. The van der Waals surface area contributed by atoms with Crippen molar-refractivity contribution in [1.82, 2.24) is 4.57 Å². The molecule has 0 atom stereocenters. The fraction of sp³-hybridized carbons (Fsp3) is 0.467. The van der Waals surface area contributed by atoms with Crippen LogP contribution in [0.2, 0.25) is 0 Å². The van der Waals surface area contributed by atoms with Crippen LogP contribution in [0.15, 0.2) is 30.3 Å². The van der Waals surface area contributed by atoms with E-state index in [1.165, 1.54) is 29.4 Å². The number of nitrogens with zero attached hydrogens (tertiary/aromatic N) is 1. The Kier molecular flexibility index (Phi) is 3.33. The second kappa shape index (κ2) is 4.73. The molecular weight excluding hydrogens is 194 g/mol. The van der Waals surface area contributed by atoms with Crippen molar-refractivity contribution >= 4 is 10.9 Å². The normalized spacial score (nSPS) is 11.5. The van der Waals surface area contributed by atoms with E-state index in [4.69, 9.17) is 0 Å². The fourth-order valence-electron chi connectivity index (χ4n) is 2.40. The van der Waals surface area contributed by atoms with Gasteiger partial charge in [-0.1, -0.05) is 44.9 Å². The molecule has 0 aliphatic heterocycles. The summed E-state index contributed by atoms with van der Waals surface area (Å²) in [7, 11) is 0. The largest absolute Gasteiger partial charge is 0.345 e. The van der Waals surface area contributed by atoms with Gasteiger partial charge in [-0.2, -0.15) is 0 Å². The van der Waals surface area contributed by atoms with E-state index in [0.717, 1.165) is 12.5 Å². The molecule has 0 unspecified atom stereocenters. The molecule has 2 rings (SSSR count). The SMILES string of the molecule is CCC(CC)Cn1c(C)cc2ccccc21. The van der Waals surface area contributed by atoms with Crippen LogP contribution in [0.5, 0.6) is 0 Å². The minimum absolute atomic E-state index is 0.800. The quantitative estimate of drug-likeness (QED) is 0.713. The first kappa shape index (κ1) is 11.3. The maximum absolute atomic E-state index is 2.47. The standard InChI is InChI=1S/C15H21N/c1-4-13(5-2)11-16-12(3)10-14-8-6-7-9-15(14)16/h6-10,13H,4-5,11H2,1-3H3. The number of rotatable bonds is 4. The summed E-state index contributed by atoms with van der Waals surface area (Å²) in [6, 6.07) is 11.0. The molecule has 1 heteroatoms. The molecule has 1 nitrogen and oxygen atoms in total. The van der Waals surface area contributed by atoms with Gasteiger partial charge in [0.1, 0.15) is 0 Å². The molecule has 0 fully saturated rings. The minimum Gasteiger partial charge on any atom is -0.345 e. The van der Waals surface area contributed by atoms with Crippen molar-refractivity contribution in [3.05, 3.63) is 36.0 Å². The first-order chi connectivity index (χ1) is 7.76. The van der Waals surface area contributed by atoms with Crippen LogP contribution in [0.25, 0.3) is 10.9 Å². The first-order valence-corrected chi connectivity index (χ1v) is 6.31. The molecular formula is C15H21N. The van der Waals surface area contributed by atoms with Crippen LogP contribution in [-0.2, 0) is 6.54 Å². The number of fused-ring (bicyclic) bond motifs is 1. The van der Waals surface area contributed by atoms with E-state index in [0.29, 0.717) is 0 Å². The lowest BCUT2D eigenvalue weighted by Crippen LogP contribution is -2.10. The maximum Gasteiger partial charge on any atom is 0.0482 e. The summed E-state index contributed by atoms with van der Waals surface area (Å²) in [4.78, 5) is 0. The van der Waals surface area contributed by atoms with Gasteiger partial charge in [0.05, 0.1) is 0 Å². The highest BCUT2D eigenvalue weighted by Crippen LogP contribution is 2.22. The Balaban J connectivity index is 2.39. The lowest BCUT2D eigenvalue weighted by Gasteiger charge is -2.16. The van der Waals surface area contributed by atoms with Crippen molar-refractivity contribution in [2.75, 3.05) is 0 Å². The molecule has 16 heavy (non-hydrogen) atoms. The van der Waals surface area contributed by atoms with Crippen LogP contribution in [0.4, 0.5) is 0 Å². The van der Waals surface area contributed by atoms with Crippen LogP contribution in [0.3, 0.4) is 0 Å². The number of benzene rings is 1. The van der Waals surface area contributed by atoms with Gasteiger partial charge in [-0.15, -0.1) is 0 Å². The van der Waals surface area contributed by atoms with Gasteiger partial charge in [-0.3, -0.25) is 0 Å². The molecule has 0 radical (unpaired) electrons.